The maximum atomic E-state index is 12.1. The zero-order valence-electron chi connectivity index (χ0n) is 14.7. The predicted octanol–water partition coefficient (Wildman–Crippen LogP) is -1.12. The highest BCUT2D eigenvalue weighted by Gasteiger charge is 2.45. The first-order valence-electron chi connectivity index (χ1n) is 7.88. The molecule has 11 heteroatoms. The zero-order chi connectivity index (χ0) is 19.5. The van der Waals surface area contributed by atoms with E-state index in [1.54, 1.807) is 19.3 Å². The van der Waals surface area contributed by atoms with E-state index in [9.17, 15) is 19.8 Å². The molecule has 0 aliphatic carbocycles. The van der Waals surface area contributed by atoms with Crippen molar-refractivity contribution >= 4 is 11.8 Å². The van der Waals surface area contributed by atoms with Crippen LogP contribution >= 0.6 is 0 Å². The van der Waals surface area contributed by atoms with Crippen molar-refractivity contribution in [3.63, 3.8) is 0 Å². The topological polar surface area (TPSA) is 152 Å². The fraction of sp³-hybridized carbons (Fsp3) is 0.667. The molecular weight excluding hydrogens is 350 g/mol. The second kappa shape index (κ2) is 8.10. The Labute approximate surface area is 149 Å². The van der Waals surface area contributed by atoms with Crippen LogP contribution in [0.15, 0.2) is 17.1 Å². The largest absolute Gasteiger partial charge is 0.462 e. The summed E-state index contributed by atoms with van der Waals surface area (Å²) in [7, 11) is 1.46. The van der Waals surface area contributed by atoms with Crippen molar-refractivity contribution in [2.45, 2.75) is 38.4 Å². The third-order valence-electron chi connectivity index (χ3n) is 3.99. The number of aliphatic hydroxyl groups is 2. The van der Waals surface area contributed by atoms with E-state index >= 15 is 0 Å². The Bertz CT molecular complexity index is 692. The Hall–Kier alpha value is -2.05. The summed E-state index contributed by atoms with van der Waals surface area (Å²) in [6.07, 6.45) is -3.81. The number of hydrogen-bond acceptors (Lipinski definition) is 10. The number of esters is 1. The lowest BCUT2D eigenvalue weighted by atomic mass is 9.95. The van der Waals surface area contributed by atoms with E-state index in [4.69, 9.17) is 19.4 Å². The van der Waals surface area contributed by atoms with Crippen molar-refractivity contribution in [3.05, 3.63) is 22.7 Å². The number of methoxy groups -OCH3 is 1. The fourth-order valence-electron chi connectivity index (χ4n) is 2.54. The van der Waals surface area contributed by atoms with Gasteiger partial charge in [-0.3, -0.25) is 20.0 Å². The molecule has 1 aliphatic rings. The fourth-order valence-corrected chi connectivity index (χ4v) is 2.54. The van der Waals surface area contributed by atoms with Crippen molar-refractivity contribution < 1.29 is 34.4 Å². The van der Waals surface area contributed by atoms with Crippen molar-refractivity contribution in [2.24, 2.45) is 5.41 Å². The molecular formula is C15H23N3O8. The maximum absolute atomic E-state index is 12.1. The summed E-state index contributed by atoms with van der Waals surface area (Å²) in [6.45, 7) is 3.13. The Morgan fingerprint density at radius 1 is 1.42 bits per heavy atom. The number of hydrogen-bond donors (Lipinski definition) is 4. The molecule has 2 heterocycles. The molecule has 0 aromatic carbocycles. The number of rotatable bonds is 7. The summed E-state index contributed by atoms with van der Waals surface area (Å²) < 4.78 is 16.6. The third-order valence-corrected chi connectivity index (χ3v) is 3.99. The van der Waals surface area contributed by atoms with Crippen molar-refractivity contribution in [1.82, 2.24) is 9.55 Å². The average molecular weight is 373 g/mol. The number of ether oxygens (including phenoxy) is 3. The molecule has 4 atom stereocenters. The van der Waals surface area contributed by atoms with Gasteiger partial charge in [0.15, 0.2) is 12.0 Å². The third kappa shape index (κ3) is 4.19. The van der Waals surface area contributed by atoms with Crippen LogP contribution in [0.4, 0.5) is 5.82 Å². The molecule has 1 aromatic heterocycles. The number of aromatic nitrogens is 2. The van der Waals surface area contributed by atoms with Crippen molar-refractivity contribution in [2.75, 3.05) is 25.8 Å². The number of carbonyl (C=O) groups excluding carboxylic acids is 1. The monoisotopic (exact) mass is 373 g/mol. The molecule has 0 saturated carbocycles. The number of nitrogens with one attached hydrogen (secondary N) is 1. The van der Waals surface area contributed by atoms with Crippen LogP contribution in [0, 0.1) is 5.41 Å². The van der Waals surface area contributed by atoms with Gasteiger partial charge in [-0.1, -0.05) is 0 Å². The van der Waals surface area contributed by atoms with E-state index in [0.717, 1.165) is 4.57 Å². The SMILES string of the molecule is COCC(C)(C)C(=O)OC[C@H]1O[C@@H](n2ccc(NO)nc2=O)[C@H](O)[C@@H]1O. The van der Waals surface area contributed by atoms with Gasteiger partial charge in [0, 0.05) is 13.3 Å². The quantitative estimate of drug-likeness (QED) is 0.341. The van der Waals surface area contributed by atoms with Gasteiger partial charge >= 0.3 is 11.7 Å². The van der Waals surface area contributed by atoms with Gasteiger partial charge in [0.1, 0.15) is 24.9 Å². The smallest absolute Gasteiger partial charge is 0.351 e. The highest BCUT2D eigenvalue weighted by molar-refractivity contribution is 5.76. The molecule has 0 amide bonds. The average Bonchev–Trinajstić information content (AvgIpc) is 2.87. The molecule has 1 fully saturated rings. The molecule has 4 N–H and O–H groups in total. The van der Waals surface area contributed by atoms with Crippen LogP contribution in [0.3, 0.4) is 0 Å². The van der Waals surface area contributed by atoms with Gasteiger partial charge in [0.05, 0.1) is 12.0 Å². The van der Waals surface area contributed by atoms with E-state index in [1.807, 2.05) is 0 Å². The Morgan fingerprint density at radius 3 is 2.69 bits per heavy atom. The van der Waals surface area contributed by atoms with E-state index in [0.29, 0.717) is 0 Å². The number of nitrogens with zero attached hydrogens (tertiary/aromatic N) is 2. The van der Waals surface area contributed by atoms with Crippen LogP contribution in [0.5, 0.6) is 0 Å². The molecule has 11 nitrogen and oxygen atoms in total. The van der Waals surface area contributed by atoms with Crippen LogP contribution in [-0.2, 0) is 19.0 Å². The van der Waals surface area contributed by atoms with Gasteiger partial charge < -0.3 is 24.4 Å². The van der Waals surface area contributed by atoms with Crippen LogP contribution < -0.4 is 11.2 Å². The van der Waals surface area contributed by atoms with Gasteiger partial charge in [-0.05, 0) is 19.9 Å². The van der Waals surface area contributed by atoms with Gasteiger partial charge in [0.25, 0.3) is 0 Å². The summed E-state index contributed by atoms with van der Waals surface area (Å²) in [6, 6.07) is 1.28. The van der Waals surface area contributed by atoms with E-state index in [1.165, 1.54) is 19.4 Å². The van der Waals surface area contributed by atoms with Gasteiger partial charge in [0.2, 0.25) is 0 Å². The van der Waals surface area contributed by atoms with E-state index in [-0.39, 0.29) is 19.0 Å². The predicted molar refractivity (Wildman–Crippen MR) is 86.4 cm³/mol. The second-order valence-electron chi connectivity index (χ2n) is 6.58. The Kier molecular flexibility index (Phi) is 6.31. The molecule has 0 bridgehead atoms. The summed E-state index contributed by atoms with van der Waals surface area (Å²) in [5.74, 6) is -0.629. The summed E-state index contributed by atoms with van der Waals surface area (Å²) in [5, 5.41) is 29.0. The van der Waals surface area contributed by atoms with Gasteiger partial charge in [-0.15, -0.1) is 0 Å². The highest BCUT2D eigenvalue weighted by Crippen LogP contribution is 2.29. The first-order chi connectivity index (χ1) is 12.2. The lowest BCUT2D eigenvalue weighted by Crippen LogP contribution is -2.38. The molecule has 0 unspecified atom stereocenters. The maximum Gasteiger partial charge on any atom is 0.351 e. The number of aliphatic hydroxyl groups excluding tert-OH is 2. The Balaban J connectivity index is 2.06. The van der Waals surface area contributed by atoms with Crippen LogP contribution in [0.25, 0.3) is 0 Å². The first kappa shape index (κ1) is 20.3. The summed E-state index contributed by atoms with van der Waals surface area (Å²) in [4.78, 5) is 27.5. The van der Waals surface area contributed by atoms with Crippen LogP contribution in [0.2, 0.25) is 0 Å². The summed E-state index contributed by atoms with van der Waals surface area (Å²) in [5.41, 5.74) is 0.0357. The minimum atomic E-state index is -1.43. The summed E-state index contributed by atoms with van der Waals surface area (Å²) >= 11 is 0. The minimum absolute atomic E-state index is 0.0786. The standard InChI is InChI=1S/C15H23N3O8/c1-15(2,7-24-3)13(21)25-6-8-10(19)11(20)12(26-8)18-5-4-9(17-23)16-14(18)22/h4-5,8,10-12,19-20,23H,6-7H2,1-3H3,(H,16,17,22)/t8-,10-,11-,12-/m1/s1. The lowest BCUT2D eigenvalue weighted by Gasteiger charge is -2.23. The van der Waals surface area contributed by atoms with Gasteiger partial charge in [-0.25, -0.2) is 4.79 Å². The van der Waals surface area contributed by atoms with E-state index in [2.05, 4.69) is 4.98 Å². The molecule has 1 saturated heterocycles. The molecule has 146 valence electrons. The number of anilines is 1. The first-order valence-corrected chi connectivity index (χ1v) is 7.88. The molecule has 1 aliphatic heterocycles. The minimum Gasteiger partial charge on any atom is -0.462 e. The molecule has 1 aromatic rings. The zero-order valence-corrected chi connectivity index (χ0v) is 14.7. The van der Waals surface area contributed by atoms with Gasteiger partial charge in [-0.2, -0.15) is 4.98 Å². The highest BCUT2D eigenvalue weighted by atomic mass is 16.6. The number of carbonyl (C=O) groups is 1. The van der Waals surface area contributed by atoms with Crippen molar-refractivity contribution in [3.8, 4) is 0 Å². The Morgan fingerprint density at radius 2 is 2.12 bits per heavy atom. The lowest BCUT2D eigenvalue weighted by molar-refractivity contribution is -0.163. The molecule has 2 rings (SSSR count). The molecule has 26 heavy (non-hydrogen) atoms. The van der Waals surface area contributed by atoms with Crippen LogP contribution in [-0.4, -0.2) is 69.6 Å². The molecule has 0 radical (unpaired) electrons. The second-order valence-corrected chi connectivity index (χ2v) is 6.58. The molecule has 0 spiro atoms. The van der Waals surface area contributed by atoms with Crippen LogP contribution in [0.1, 0.15) is 20.1 Å². The normalized spacial score (nSPS) is 25.9. The van der Waals surface area contributed by atoms with Crippen molar-refractivity contribution in [1.29, 1.82) is 0 Å². The van der Waals surface area contributed by atoms with E-state index < -0.39 is 41.6 Å².